The second kappa shape index (κ2) is 4.96. The van der Waals surface area contributed by atoms with Gasteiger partial charge in [0, 0.05) is 18.1 Å². The molecular formula is C12H16ClNO2S. The molecule has 3 nitrogen and oxygen atoms in total. The van der Waals surface area contributed by atoms with Crippen LogP contribution >= 0.6 is 11.6 Å². The number of halogens is 1. The molecule has 94 valence electrons. The number of nitrogens with zero attached hydrogens (tertiary/aromatic N) is 1. The molecule has 1 aliphatic rings. The zero-order chi connectivity index (χ0) is 12.5. The topological polar surface area (TPSA) is 37.4 Å². The van der Waals surface area contributed by atoms with Gasteiger partial charge in [-0.1, -0.05) is 23.7 Å². The molecule has 1 aliphatic heterocycles. The molecule has 17 heavy (non-hydrogen) atoms. The van der Waals surface area contributed by atoms with Crippen molar-refractivity contribution in [3.05, 3.63) is 34.3 Å². The summed E-state index contributed by atoms with van der Waals surface area (Å²) >= 11 is 6.12. The van der Waals surface area contributed by atoms with Crippen LogP contribution in [-0.2, 0) is 16.6 Å². The second-order valence-electron chi connectivity index (χ2n) is 4.45. The van der Waals surface area contributed by atoms with Crippen molar-refractivity contribution in [2.45, 2.75) is 26.3 Å². The van der Waals surface area contributed by atoms with Crippen LogP contribution in [0.3, 0.4) is 0 Å². The number of rotatable bonds is 2. The van der Waals surface area contributed by atoms with Gasteiger partial charge in [-0.2, -0.15) is 4.31 Å². The maximum atomic E-state index is 11.8. The summed E-state index contributed by atoms with van der Waals surface area (Å²) in [5.41, 5.74) is 1.96. The standard InChI is InChI=1S/C12H16ClNO2S/c1-10-4-5-11(12(13)8-10)9-14-6-2-3-7-17(14,15)16/h4-5,8H,2-3,6-7,9H2,1H3. The molecule has 0 bridgehead atoms. The lowest BCUT2D eigenvalue weighted by Crippen LogP contribution is -2.37. The average Bonchev–Trinajstić information content (AvgIpc) is 2.24. The van der Waals surface area contributed by atoms with Gasteiger partial charge >= 0.3 is 0 Å². The van der Waals surface area contributed by atoms with Gasteiger partial charge in [0.05, 0.1) is 5.75 Å². The van der Waals surface area contributed by atoms with Crippen LogP contribution < -0.4 is 0 Å². The van der Waals surface area contributed by atoms with Crippen molar-refractivity contribution < 1.29 is 8.42 Å². The fourth-order valence-corrected chi connectivity index (χ4v) is 3.85. The summed E-state index contributed by atoms with van der Waals surface area (Å²) in [5, 5.41) is 0.644. The molecule has 1 aromatic carbocycles. The summed E-state index contributed by atoms with van der Waals surface area (Å²) in [5.74, 6) is 0.260. The molecular weight excluding hydrogens is 258 g/mol. The molecule has 0 amide bonds. The molecule has 0 radical (unpaired) electrons. The zero-order valence-electron chi connectivity index (χ0n) is 9.82. The van der Waals surface area contributed by atoms with Gasteiger partial charge in [0.25, 0.3) is 0 Å². The Bertz CT molecular complexity index is 513. The first-order valence-corrected chi connectivity index (χ1v) is 7.70. The number of benzene rings is 1. The molecule has 0 aromatic heterocycles. The molecule has 1 saturated heterocycles. The predicted molar refractivity (Wildman–Crippen MR) is 69.6 cm³/mol. The molecule has 0 spiro atoms. The van der Waals surface area contributed by atoms with Gasteiger partial charge in [0.15, 0.2) is 0 Å². The largest absolute Gasteiger partial charge is 0.214 e. The molecule has 1 heterocycles. The minimum atomic E-state index is -3.07. The van der Waals surface area contributed by atoms with E-state index in [0.717, 1.165) is 24.0 Å². The summed E-state index contributed by atoms with van der Waals surface area (Å²) in [7, 11) is -3.07. The van der Waals surface area contributed by atoms with E-state index in [-0.39, 0.29) is 5.75 Å². The van der Waals surface area contributed by atoms with E-state index in [1.165, 1.54) is 4.31 Å². The van der Waals surface area contributed by atoms with E-state index in [9.17, 15) is 8.42 Å². The maximum absolute atomic E-state index is 11.8. The summed E-state index contributed by atoms with van der Waals surface area (Å²) in [6.07, 6.45) is 1.70. The third-order valence-electron chi connectivity index (χ3n) is 3.01. The normalized spacial score (nSPS) is 20.4. The minimum Gasteiger partial charge on any atom is -0.212 e. The van der Waals surface area contributed by atoms with Crippen LogP contribution in [0.4, 0.5) is 0 Å². The fraction of sp³-hybridized carbons (Fsp3) is 0.500. The van der Waals surface area contributed by atoms with Crippen LogP contribution in [0, 0.1) is 6.92 Å². The van der Waals surface area contributed by atoms with Crippen molar-refractivity contribution >= 4 is 21.6 Å². The Kier molecular flexibility index (Phi) is 3.76. The summed E-state index contributed by atoms with van der Waals surface area (Å²) < 4.78 is 25.2. The van der Waals surface area contributed by atoms with E-state index in [0.29, 0.717) is 18.1 Å². The Morgan fingerprint density at radius 2 is 2.12 bits per heavy atom. The lowest BCUT2D eigenvalue weighted by molar-refractivity contribution is 0.378. The number of hydrogen-bond acceptors (Lipinski definition) is 2. The van der Waals surface area contributed by atoms with Gasteiger partial charge in [-0.25, -0.2) is 8.42 Å². The summed E-state index contributed by atoms with van der Waals surface area (Å²) in [6.45, 7) is 2.96. The predicted octanol–water partition coefficient (Wildman–Crippen LogP) is 2.57. The lowest BCUT2D eigenvalue weighted by Gasteiger charge is -2.26. The highest BCUT2D eigenvalue weighted by Gasteiger charge is 2.26. The van der Waals surface area contributed by atoms with E-state index in [1.807, 2.05) is 25.1 Å². The van der Waals surface area contributed by atoms with Crippen molar-refractivity contribution in [1.82, 2.24) is 4.31 Å². The first-order valence-electron chi connectivity index (χ1n) is 5.72. The summed E-state index contributed by atoms with van der Waals surface area (Å²) in [4.78, 5) is 0. The van der Waals surface area contributed by atoms with E-state index in [4.69, 9.17) is 11.6 Å². The Balaban J connectivity index is 2.20. The third kappa shape index (κ3) is 3.00. The van der Waals surface area contributed by atoms with E-state index in [2.05, 4.69) is 0 Å². The fourth-order valence-electron chi connectivity index (χ4n) is 1.99. The Hall–Kier alpha value is -0.580. The average molecular weight is 274 g/mol. The molecule has 1 fully saturated rings. The van der Waals surface area contributed by atoms with E-state index < -0.39 is 10.0 Å². The molecule has 0 aliphatic carbocycles. The Labute approximate surface area is 107 Å². The van der Waals surface area contributed by atoms with Crippen LogP contribution in [0.25, 0.3) is 0 Å². The van der Waals surface area contributed by atoms with Crippen LogP contribution in [0.15, 0.2) is 18.2 Å². The Morgan fingerprint density at radius 3 is 2.76 bits per heavy atom. The van der Waals surface area contributed by atoms with Crippen molar-refractivity contribution in [2.24, 2.45) is 0 Å². The van der Waals surface area contributed by atoms with Gasteiger partial charge in [0.2, 0.25) is 10.0 Å². The number of sulfonamides is 1. The highest BCUT2D eigenvalue weighted by Crippen LogP contribution is 2.23. The second-order valence-corrected chi connectivity index (χ2v) is 6.95. The highest BCUT2D eigenvalue weighted by atomic mass is 35.5. The monoisotopic (exact) mass is 273 g/mol. The van der Waals surface area contributed by atoms with Gasteiger partial charge in [-0.05, 0) is 37.0 Å². The molecule has 0 N–H and O–H groups in total. The molecule has 0 atom stereocenters. The van der Waals surface area contributed by atoms with Gasteiger partial charge in [-0.15, -0.1) is 0 Å². The van der Waals surface area contributed by atoms with Crippen molar-refractivity contribution in [2.75, 3.05) is 12.3 Å². The van der Waals surface area contributed by atoms with Crippen LogP contribution in [-0.4, -0.2) is 25.0 Å². The van der Waals surface area contributed by atoms with E-state index >= 15 is 0 Å². The first-order chi connectivity index (χ1) is 7.99. The summed E-state index contributed by atoms with van der Waals surface area (Å²) in [6, 6.07) is 5.73. The lowest BCUT2D eigenvalue weighted by atomic mass is 10.1. The zero-order valence-corrected chi connectivity index (χ0v) is 11.4. The highest BCUT2D eigenvalue weighted by molar-refractivity contribution is 7.89. The molecule has 2 rings (SSSR count). The number of aryl methyl sites for hydroxylation is 1. The third-order valence-corrected chi connectivity index (χ3v) is 5.26. The van der Waals surface area contributed by atoms with Crippen LogP contribution in [0.2, 0.25) is 5.02 Å². The van der Waals surface area contributed by atoms with E-state index in [1.54, 1.807) is 0 Å². The van der Waals surface area contributed by atoms with Crippen molar-refractivity contribution in [3.8, 4) is 0 Å². The molecule has 5 heteroatoms. The van der Waals surface area contributed by atoms with Crippen LogP contribution in [0.1, 0.15) is 24.0 Å². The van der Waals surface area contributed by atoms with Gasteiger partial charge in [-0.3, -0.25) is 0 Å². The first kappa shape index (κ1) is 12.9. The van der Waals surface area contributed by atoms with Gasteiger partial charge in [0.1, 0.15) is 0 Å². The number of hydrogen-bond donors (Lipinski definition) is 0. The maximum Gasteiger partial charge on any atom is 0.214 e. The van der Waals surface area contributed by atoms with Crippen LogP contribution in [0.5, 0.6) is 0 Å². The van der Waals surface area contributed by atoms with Gasteiger partial charge < -0.3 is 0 Å². The molecule has 0 saturated carbocycles. The molecule has 0 unspecified atom stereocenters. The minimum absolute atomic E-state index is 0.260. The molecule has 1 aromatic rings. The quantitative estimate of drug-likeness (QED) is 0.831. The smallest absolute Gasteiger partial charge is 0.212 e. The van der Waals surface area contributed by atoms with Crippen molar-refractivity contribution in [3.63, 3.8) is 0 Å². The van der Waals surface area contributed by atoms with Crippen molar-refractivity contribution in [1.29, 1.82) is 0 Å². The Morgan fingerprint density at radius 1 is 1.35 bits per heavy atom. The SMILES string of the molecule is Cc1ccc(CN2CCCCS2(=O)=O)c(Cl)c1.